The summed E-state index contributed by atoms with van der Waals surface area (Å²) in [5.41, 5.74) is 5.01. The molecule has 0 atom stereocenters. The van der Waals surface area contributed by atoms with Crippen LogP contribution in [0.25, 0.3) is 12.2 Å². The number of rotatable bonds is 4. The second kappa shape index (κ2) is 6.32. The zero-order valence-electron chi connectivity index (χ0n) is 11.0. The van der Waals surface area contributed by atoms with Crippen LogP contribution < -0.4 is 0 Å². The van der Waals surface area contributed by atoms with E-state index in [0.717, 1.165) is 16.7 Å². The summed E-state index contributed by atoms with van der Waals surface area (Å²) < 4.78 is 0. The van der Waals surface area contributed by atoms with E-state index in [1.165, 1.54) is 11.1 Å². The van der Waals surface area contributed by atoms with Crippen molar-refractivity contribution in [2.45, 2.75) is 20.1 Å². The average molecular weight is 254 g/mol. The summed E-state index contributed by atoms with van der Waals surface area (Å²) >= 11 is 0. The molecule has 0 radical (unpaired) electrons. The monoisotopic (exact) mass is 254 g/mol. The lowest BCUT2D eigenvalue weighted by molar-refractivity contribution is 0.275. The first-order valence-electron chi connectivity index (χ1n) is 6.31. The lowest BCUT2D eigenvalue weighted by Gasteiger charge is -2.04. The van der Waals surface area contributed by atoms with E-state index < -0.39 is 0 Å². The largest absolute Gasteiger partial charge is 0.392 e. The van der Waals surface area contributed by atoms with Crippen molar-refractivity contribution in [2.75, 3.05) is 0 Å². The van der Waals surface area contributed by atoms with Gasteiger partial charge in [0.05, 0.1) is 13.2 Å². The molecule has 2 rings (SSSR count). The molecule has 2 N–H and O–H groups in total. The normalized spacial score (nSPS) is 11.1. The summed E-state index contributed by atoms with van der Waals surface area (Å²) in [7, 11) is 0. The first-order valence-corrected chi connectivity index (χ1v) is 6.31. The molecule has 0 saturated heterocycles. The van der Waals surface area contributed by atoms with Crippen LogP contribution >= 0.6 is 0 Å². The first-order chi connectivity index (χ1) is 9.22. The fourth-order valence-corrected chi connectivity index (χ4v) is 2.03. The Balaban J connectivity index is 2.30. The van der Waals surface area contributed by atoms with Crippen LogP contribution in [0.3, 0.4) is 0 Å². The van der Waals surface area contributed by atoms with Gasteiger partial charge in [0.2, 0.25) is 0 Å². The molecule has 0 aromatic heterocycles. The summed E-state index contributed by atoms with van der Waals surface area (Å²) in [6.45, 7) is 2.04. The Morgan fingerprint density at radius 1 is 0.895 bits per heavy atom. The highest BCUT2D eigenvalue weighted by molar-refractivity contribution is 5.71. The first kappa shape index (κ1) is 13.5. The molecule has 0 aliphatic heterocycles. The van der Waals surface area contributed by atoms with E-state index in [4.69, 9.17) is 0 Å². The van der Waals surface area contributed by atoms with Crippen LogP contribution in [0, 0.1) is 6.92 Å². The van der Waals surface area contributed by atoms with Gasteiger partial charge in [0.25, 0.3) is 0 Å². The topological polar surface area (TPSA) is 40.5 Å². The molecule has 0 aliphatic rings. The molecule has 98 valence electrons. The zero-order chi connectivity index (χ0) is 13.7. The van der Waals surface area contributed by atoms with Crippen molar-refractivity contribution in [1.82, 2.24) is 0 Å². The van der Waals surface area contributed by atoms with E-state index in [0.29, 0.717) is 0 Å². The fourth-order valence-electron chi connectivity index (χ4n) is 2.03. The highest BCUT2D eigenvalue weighted by atomic mass is 16.3. The Bertz CT molecular complexity index is 563. The molecule has 19 heavy (non-hydrogen) atoms. The van der Waals surface area contributed by atoms with Crippen LogP contribution in [-0.2, 0) is 13.2 Å². The standard InChI is InChI=1S/C17H18O2/c1-13-4-2-3-5-17(13)7-6-14-8-15(11-18)10-16(9-14)12-19/h2-10,18-19H,11-12H2,1H3. The second-order valence-corrected chi connectivity index (χ2v) is 4.59. The Morgan fingerprint density at radius 2 is 1.53 bits per heavy atom. The number of hydrogen-bond donors (Lipinski definition) is 2. The second-order valence-electron chi connectivity index (χ2n) is 4.59. The molecule has 0 spiro atoms. The molecule has 2 aromatic carbocycles. The molecule has 0 bridgehead atoms. The van der Waals surface area contributed by atoms with Crippen LogP contribution in [0.2, 0.25) is 0 Å². The van der Waals surface area contributed by atoms with E-state index in [2.05, 4.69) is 19.1 Å². The van der Waals surface area contributed by atoms with Crippen molar-refractivity contribution >= 4 is 12.2 Å². The number of aliphatic hydroxyl groups excluding tert-OH is 2. The van der Waals surface area contributed by atoms with Crippen LogP contribution in [0.1, 0.15) is 27.8 Å². The predicted molar refractivity (Wildman–Crippen MR) is 78.4 cm³/mol. The van der Waals surface area contributed by atoms with Gasteiger partial charge in [0.15, 0.2) is 0 Å². The Hall–Kier alpha value is -1.90. The maximum Gasteiger partial charge on any atom is 0.0682 e. The summed E-state index contributed by atoms with van der Waals surface area (Å²) in [6.07, 6.45) is 4.05. The summed E-state index contributed by atoms with van der Waals surface area (Å²) in [4.78, 5) is 0. The highest BCUT2D eigenvalue weighted by Gasteiger charge is 1.98. The third-order valence-corrected chi connectivity index (χ3v) is 3.08. The van der Waals surface area contributed by atoms with Crippen LogP contribution in [0.15, 0.2) is 42.5 Å². The van der Waals surface area contributed by atoms with E-state index in [1.807, 2.05) is 42.5 Å². The Labute approximate surface area is 113 Å². The maximum absolute atomic E-state index is 9.21. The van der Waals surface area contributed by atoms with E-state index in [-0.39, 0.29) is 13.2 Å². The van der Waals surface area contributed by atoms with Crippen molar-refractivity contribution in [2.24, 2.45) is 0 Å². The molecule has 2 nitrogen and oxygen atoms in total. The third kappa shape index (κ3) is 3.53. The number of aliphatic hydroxyl groups is 2. The maximum atomic E-state index is 9.21. The van der Waals surface area contributed by atoms with Gasteiger partial charge in [-0.3, -0.25) is 0 Å². The highest BCUT2D eigenvalue weighted by Crippen LogP contribution is 2.15. The van der Waals surface area contributed by atoms with Crippen molar-refractivity contribution < 1.29 is 10.2 Å². The molecular formula is C17H18O2. The minimum atomic E-state index is -0.0148. The minimum Gasteiger partial charge on any atom is -0.392 e. The van der Waals surface area contributed by atoms with Gasteiger partial charge in [0.1, 0.15) is 0 Å². The van der Waals surface area contributed by atoms with Gasteiger partial charge >= 0.3 is 0 Å². The molecule has 2 heteroatoms. The lowest BCUT2D eigenvalue weighted by Crippen LogP contribution is -1.90. The molecule has 0 fully saturated rings. The average Bonchev–Trinajstić information content (AvgIpc) is 2.46. The molecule has 0 aliphatic carbocycles. The Kier molecular flexibility index (Phi) is 4.50. The van der Waals surface area contributed by atoms with Gasteiger partial charge in [-0.1, -0.05) is 42.5 Å². The van der Waals surface area contributed by atoms with Gasteiger partial charge in [-0.2, -0.15) is 0 Å². The van der Waals surface area contributed by atoms with Crippen molar-refractivity contribution in [1.29, 1.82) is 0 Å². The zero-order valence-corrected chi connectivity index (χ0v) is 11.0. The molecule has 0 amide bonds. The van der Waals surface area contributed by atoms with Gasteiger partial charge in [-0.25, -0.2) is 0 Å². The van der Waals surface area contributed by atoms with Crippen molar-refractivity contribution in [3.05, 3.63) is 70.3 Å². The van der Waals surface area contributed by atoms with Crippen molar-refractivity contribution in [3.8, 4) is 0 Å². The van der Waals surface area contributed by atoms with Crippen molar-refractivity contribution in [3.63, 3.8) is 0 Å². The number of hydrogen-bond acceptors (Lipinski definition) is 2. The van der Waals surface area contributed by atoms with E-state index >= 15 is 0 Å². The number of aryl methyl sites for hydroxylation is 1. The summed E-state index contributed by atoms with van der Waals surface area (Å²) in [6, 6.07) is 13.8. The van der Waals surface area contributed by atoms with Gasteiger partial charge in [0, 0.05) is 0 Å². The molecule has 2 aromatic rings. The van der Waals surface area contributed by atoms with Gasteiger partial charge in [-0.05, 0) is 46.9 Å². The van der Waals surface area contributed by atoms with Crippen LogP contribution in [0.4, 0.5) is 0 Å². The quantitative estimate of drug-likeness (QED) is 0.823. The third-order valence-electron chi connectivity index (χ3n) is 3.08. The smallest absolute Gasteiger partial charge is 0.0682 e. The molecule has 0 heterocycles. The molecular weight excluding hydrogens is 236 g/mol. The van der Waals surface area contributed by atoms with E-state index in [1.54, 1.807) is 0 Å². The Morgan fingerprint density at radius 3 is 2.11 bits per heavy atom. The fraction of sp³-hybridized carbons (Fsp3) is 0.176. The SMILES string of the molecule is Cc1ccccc1C=Cc1cc(CO)cc(CO)c1. The molecule has 0 saturated carbocycles. The van der Waals surface area contributed by atoms with Gasteiger partial charge in [-0.15, -0.1) is 0 Å². The molecule has 0 unspecified atom stereocenters. The summed E-state index contributed by atoms with van der Waals surface area (Å²) in [5, 5.41) is 18.4. The summed E-state index contributed by atoms with van der Waals surface area (Å²) in [5.74, 6) is 0. The number of benzene rings is 2. The van der Waals surface area contributed by atoms with Crippen LogP contribution in [-0.4, -0.2) is 10.2 Å². The van der Waals surface area contributed by atoms with E-state index in [9.17, 15) is 10.2 Å². The van der Waals surface area contributed by atoms with Gasteiger partial charge < -0.3 is 10.2 Å². The predicted octanol–water partition coefficient (Wildman–Crippen LogP) is 3.15. The minimum absolute atomic E-state index is 0.0148. The lowest BCUT2D eigenvalue weighted by atomic mass is 10.0. The van der Waals surface area contributed by atoms with Crippen LogP contribution in [0.5, 0.6) is 0 Å².